The normalized spacial score (nSPS) is 25.8. The molecular formula is C14H16ClN3OS. The van der Waals surface area contributed by atoms with Crippen LogP contribution in [0.4, 0.5) is 0 Å². The maximum absolute atomic E-state index is 12.2. The first kappa shape index (κ1) is 15.1. The fourth-order valence-corrected chi connectivity index (χ4v) is 3.81. The standard InChI is InChI=1S/C14H15N3OS.ClH/c15-6-8-17-13(18)10-9-19-14-5-2-1-3-12(14)16-7-4-11(10)14;/h1-4,7,9H,5-6,8,15H2,(H,17,18);1H. The fourth-order valence-electron chi connectivity index (χ4n) is 2.51. The molecule has 4 nitrogen and oxygen atoms in total. The smallest absolute Gasteiger partial charge is 0.252 e. The van der Waals surface area contributed by atoms with Crippen LogP contribution in [0.1, 0.15) is 6.42 Å². The molecule has 2 heterocycles. The molecule has 1 unspecified atom stereocenters. The lowest BCUT2D eigenvalue weighted by molar-refractivity contribution is -0.117. The molecule has 0 aromatic carbocycles. The zero-order valence-electron chi connectivity index (χ0n) is 10.8. The summed E-state index contributed by atoms with van der Waals surface area (Å²) < 4.78 is -0.196. The first-order valence-electron chi connectivity index (χ1n) is 6.27. The van der Waals surface area contributed by atoms with Gasteiger partial charge in [-0.25, -0.2) is 0 Å². The number of nitrogens with zero attached hydrogens (tertiary/aromatic N) is 1. The molecule has 0 aromatic rings. The molecule has 3 rings (SSSR count). The van der Waals surface area contributed by atoms with Gasteiger partial charge in [0.05, 0.1) is 16.0 Å². The molecule has 1 atom stereocenters. The van der Waals surface area contributed by atoms with E-state index in [1.165, 1.54) is 0 Å². The largest absolute Gasteiger partial charge is 0.351 e. The Morgan fingerprint density at radius 1 is 1.50 bits per heavy atom. The minimum atomic E-state index is -0.196. The van der Waals surface area contributed by atoms with Gasteiger partial charge in [-0.15, -0.1) is 24.2 Å². The van der Waals surface area contributed by atoms with Gasteiger partial charge in [-0.3, -0.25) is 9.79 Å². The fraction of sp³-hybridized carbons (Fsp3) is 0.286. The van der Waals surface area contributed by atoms with E-state index in [0.29, 0.717) is 13.1 Å². The Balaban J connectivity index is 0.00000147. The molecule has 0 saturated carbocycles. The lowest BCUT2D eigenvalue weighted by Crippen LogP contribution is -2.35. The van der Waals surface area contributed by atoms with Crippen molar-refractivity contribution >= 4 is 36.3 Å². The van der Waals surface area contributed by atoms with Crippen LogP contribution in [0, 0.1) is 0 Å². The van der Waals surface area contributed by atoms with Crippen molar-refractivity contribution in [3.63, 3.8) is 0 Å². The Bertz CT molecular complexity index is 577. The van der Waals surface area contributed by atoms with E-state index < -0.39 is 0 Å². The van der Waals surface area contributed by atoms with Crippen LogP contribution in [-0.4, -0.2) is 30.0 Å². The molecule has 1 spiro atoms. The zero-order chi connectivity index (χ0) is 13.3. The number of thioether (sulfide) groups is 1. The molecule has 0 saturated heterocycles. The number of hydrogen-bond acceptors (Lipinski definition) is 4. The summed E-state index contributed by atoms with van der Waals surface area (Å²) in [5.74, 6) is -0.0507. The second kappa shape index (κ2) is 5.99. The highest BCUT2D eigenvalue weighted by Crippen LogP contribution is 2.54. The number of dihydropyridines is 1. The molecule has 2 aliphatic heterocycles. The van der Waals surface area contributed by atoms with Crippen LogP contribution >= 0.6 is 24.2 Å². The molecule has 1 aliphatic carbocycles. The van der Waals surface area contributed by atoms with Crippen LogP contribution in [0.15, 0.2) is 51.5 Å². The Morgan fingerprint density at radius 3 is 3.15 bits per heavy atom. The molecule has 1 amide bonds. The average molecular weight is 310 g/mol. The Kier molecular flexibility index (Phi) is 4.52. The van der Waals surface area contributed by atoms with E-state index in [-0.39, 0.29) is 23.1 Å². The van der Waals surface area contributed by atoms with Crippen molar-refractivity contribution in [1.82, 2.24) is 5.32 Å². The molecule has 106 valence electrons. The average Bonchev–Trinajstić information content (AvgIpc) is 2.82. The molecule has 3 aliphatic rings. The predicted octanol–water partition coefficient (Wildman–Crippen LogP) is 1.71. The van der Waals surface area contributed by atoms with Gasteiger partial charge in [0.25, 0.3) is 5.91 Å². The molecule has 3 N–H and O–H groups in total. The molecule has 0 aromatic heterocycles. The predicted molar refractivity (Wildman–Crippen MR) is 86.1 cm³/mol. The molecular weight excluding hydrogens is 294 g/mol. The molecule has 20 heavy (non-hydrogen) atoms. The highest BCUT2D eigenvalue weighted by molar-refractivity contribution is 8.04. The van der Waals surface area contributed by atoms with Gasteiger partial charge in [0.2, 0.25) is 0 Å². The Labute approximate surface area is 128 Å². The van der Waals surface area contributed by atoms with Gasteiger partial charge >= 0.3 is 0 Å². The summed E-state index contributed by atoms with van der Waals surface area (Å²) in [6.45, 7) is 0.948. The second-order valence-corrected chi connectivity index (χ2v) is 5.73. The highest BCUT2D eigenvalue weighted by atomic mass is 35.5. The summed E-state index contributed by atoms with van der Waals surface area (Å²) in [7, 11) is 0. The Hall–Kier alpha value is -1.30. The van der Waals surface area contributed by atoms with Crippen molar-refractivity contribution in [1.29, 1.82) is 0 Å². The maximum Gasteiger partial charge on any atom is 0.252 e. The summed E-state index contributed by atoms with van der Waals surface area (Å²) in [6.07, 6.45) is 10.8. The third-order valence-corrected chi connectivity index (χ3v) is 4.79. The molecule has 0 fully saturated rings. The molecule has 6 heteroatoms. The monoisotopic (exact) mass is 309 g/mol. The van der Waals surface area contributed by atoms with Gasteiger partial charge in [0, 0.05) is 19.3 Å². The third kappa shape index (κ3) is 2.26. The van der Waals surface area contributed by atoms with Crippen molar-refractivity contribution in [3.8, 4) is 0 Å². The summed E-state index contributed by atoms with van der Waals surface area (Å²) >= 11 is 1.67. The number of carbonyl (C=O) groups excluding carboxylic acids is 1. The number of aliphatic imine (C=N–C) groups is 1. The van der Waals surface area contributed by atoms with E-state index in [2.05, 4.69) is 16.4 Å². The number of hydrogen-bond donors (Lipinski definition) is 2. The van der Waals surface area contributed by atoms with Gasteiger partial charge < -0.3 is 11.1 Å². The topological polar surface area (TPSA) is 67.5 Å². The molecule has 0 bridgehead atoms. The van der Waals surface area contributed by atoms with Crippen molar-refractivity contribution in [2.75, 3.05) is 13.1 Å². The van der Waals surface area contributed by atoms with Gasteiger partial charge in [-0.1, -0.05) is 12.2 Å². The van der Waals surface area contributed by atoms with Crippen molar-refractivity contribution < 1.29 is 4.79 Å². The summed E-state index contributed by atoms with van der Waals surface area (Å²) in [5, 5.41) is 4.77. The minimum Gasteiger partial charge on any atom is -0.351 e. The van der Waals surface area contributed by atoms with E-state index in [1.54, 1.807) is 18.0 Å². The van der Waals surface area contributed by atoms with Gasteiger partial charge in [-0.05, 0) is 29.6 Å². The second-order valence-electron chi connectivity index (χ2n) is 4.56. The summed E-state index contributed by atoms with van der Waals surface area (Å²) in [6, 6.07) is 0. The number of nitrogens with two attached hydrogens (primary N) is 1. The Morgan fingerprint density at radius 2 is 2.35 bits per heavy atom. The van der Waals surface area contributed by atoms with E-state index >= 15 is 0 Å². The quantitative estimate of drug-likeness (QED) is 0.834. The number of halogens is 1. The van der Waals surface area contributed by atoms with Crippen LogP contribution in [-0.2, 0) is 4.79 Å². The SMILES string of the molecule is Cl.NCCNC(=O)C1=CSC23CC=CC=C2N=CC=C13. The molecule has 0 radical (unpaired) electrons. The number of allylic oxidation sites excluding steroid dienone is 4. The van der Waals surface area contributed by atoms with Crippen LogP contribution < -0.4 is 11.1 Å². The van der Waals surface area contributed by atoms with Crippen molar-refractivity contribution in [2.45, 2.75) is 11.2 Å². The van der Waals surface area contributed by atoms with Crippen LogP contribution in [0.3, 0.4) is 0 Å². The number of rotatable bonds is 3. The number of amides is 1. The minimum absolute atomic E-state index is 0. The first-order valence-corrected chi connectivity index (χ1v) is 7.15. The summed E-state index contributed by atoms with van der Waals surface area (Å²) in [5.41, 5.74) is 8.24. The number of carbonyl (C=O) groups is 1. The lowest BCUT2D eigenvalue weighted by Gasteiger charge is -2.33. The van der Waals surface area contributed by atoms with Crippen molar-refractivity contribution in [3.05, 3.63) is 46.6 Å². The number of nitrogens with one attached hydrogen (secondary N) is 1. The zero-order valence-corrected chi connectivity index (χ0v) is 12.5. The van der Waals surface area contributed by atoms with Crippen LogP contribution in [0.2, 0.25) is 0 Å². The first-order chi connectivity index (χ1) is 9.28. The highest BCUT2D eigenvalue weighted by Gasteiger charge is 2.46. The van der Waals surface area contributed by atoms with E-state index in [1.807, 2.05) is 23.6 Å². The van der Waals surface area contributed by atoms with E-state index in [0.717, 1.165) is 23.3 Å². The van der Waals surface area contributed by atoms with Crippen LogP contribution in [0.25, 0.3) is 0 Å². The van der Waals surface area contributed by atoms with Crippen LogP contribution in [0.5, 0.6) is 0 Å². The van der Waals surface area contributed by atoms with Gasteiger partial charge in [0.1, 0.15) is 0 Å². The van der Waals surface area contributed by atoms with Gasteiger partial charge in [0.15, 0.2) is 0 Å². The van der Waals surface area contributed by atoms with Crippen molar-refractivity contribution in [2.24, 2.45) is 10.7 Å². The third-order valence-electron chi connectivity index (χ3n) is 3.44. The van der Waals surface area contributed by atoms with E-state index in [4.69, 9.17) is 5.73 Å². The lowest BCUT2D eigenvalue weighted by atomic mass is 9.83. The van der Waals surface area contributed by atoms with Gasteiger partial charge in [-0.2, -0.15) is 0 Å². The maximum atomic E-state index is 12.2. The van der Waals surface area contributed by atoms with E-state index in [9.17, 15) is 4.79 Å². The summed E-state index contributed by atoms with van der Waals surface area (Å²) in [4.78, 5) is 16.6.